The maximum atomic E-state index is 7.35. The van der Waals surface area contributed by atoms with Crippen LogP contribution in [0.15, 0.2) is 265 Å². The third-order valence-corrected chi connectivity index (χ3v) is 15.6. The molecule has 3 nitrogen and oxygen atoms in total. The first kappa shape index (κ1) is 39.8. The van der Waals surface area contributed by atoms with Crippen LogP contribution in [0.5, 0.6) is 11.5 Å². The molecule has 0 saturated carbocycles. The van der Waals surface area contributed by atoms with E-state index in [9.17, 15) is 0 Å². The number of rotatable bonds is 6. The number of benzene rings is 11. The third-order valence-electron chi connectivity index (χ3n) is 15.6. The standard InChI is InChI=1S/C68H43NO2/c1-4-22-44(23-5-1)52-42-47(43-58-66(52)71-62-40-19-17-35-56(62)68(58)53-32-14-10-28-48(53)49-29-11-15-33-54(49)68)69(60-38-21-41-63-65(60)51-31-13-18-39-61(51)70-63)59-37-20-36-57-64(59)50-30-12-16-34-55(50)67(57,45-24-6-2-7-25-45)46-26-8-3-9-27-46/h1-43H. The number of nitrogens with zero attached hydrogens (tertiary/aromatic N) is 1. The van der Waals surface area contributed by atoms with E-state index in [0.717, 1.165) is 72.8 Å². The van der Waals surface area contributed by atoms with Gasteiger partial charge in [0, 0.05) is 33.3 Å². The molecule has 1 aliphatic heterocycles. The smallest absolute Gasteiger partial charge is 0.140 e. The summed E-state index contributed by atoms with van der Waals surface area (Å²) in [7, 11) is 0. The van der Waals surface area contributed by atoms with Gasteiger partial charge in [-0.15, -0.1) is 0 Å². The molecule has 2 heterocycles. The second-order valence-electron chi connectivity index (χ2n) is 19.0. The van der Waals surface area contributed by atoms with Crippen molar-refractivity contribution in [2.24, 2.45) is 0 Å². The first-order chi connectivity index (χ1) is 35.2. The quantitative estimate of drug-likeness (QED) is 0.166. The molecule has 0 fully saturated rings. The van der Waals surface area contributed by atoms with Gasteiger partial charge in [-0.3, -0.25) is 0 Å². The fourth-order valence-electron chi connectivity index (χ4n) is 12.9. The van der Waals surface area contributed by atoms with E-state index in [1.54, 1.807) is 0 Å². The van der Waals surface area contributed by atoms with Crippen molar-refractivity contribution in [2.75, 3.05) is 4.90 Å². The van der Waals surface area contributed by atoms with E-state index in [2.05, 4.69) is 266 Å². The number of hydrogen-bond donors (Lipinski definition) is 0. The predicted molar refractivity (Wildman–Crippen MR) is 289 cm³/mol. The summed E-state index contributed by atoms with van der Waals surface area (Å²) in [4.78, 5) is 2.53. The molecule has 0 saturated heterocycles. The van der Waals surface area contributed by atoms with Gasteiger partial charge in [0.05, 0.1) is 27.6 Å². The zero-order valence-corrected chi connectivity index (χ0v) is 38.6. The van der Waals surface area contributed by atoms with Crippen LogP contribution in [0.2, 0.25) is 0 Å². The highest BCUT2D eigenvalue weighted by Crippen LogP contribution is 2.65. The summed E-state index contributed by atoms with van der Waals surface area (Å²) in [6, 6.07) is 95.3. The topological polar surface area (TPSA) is 25.6 Å². The SMILES string of the molecule is c1ccc(-c2cc(N(c3cccc4c3-c3ccccc3C4(c3ccccc3)c3ccccc3)c3cccc4oc5ccccc5c34)cc3c2Oc2ccccc2C32c3ccccc3-c3ccccc32)cc1. The van der Waals surface area contributed by atoms with Crippen molar-refractivity contribution in [3.05, 3.63) is 305 Å². The summed E-state index contributed by atoms with van der Waals surface area (Å²) >= 11 is 0. The Labute approximate surface area is 412 Å². The molecule has 0 amide bonds. The van der Waals surface area contributed by atoms with E-state index in [-0.39, 0.29) is 0 Å². The summed E-state index contributed by atoms with van der Waals surface area (Å²) in [5.74, 6) is 1.71. The Morgan fingerprint density at radius 3 is 1.56 bits per heavy atom. The second-order valence-corrected chi connectivity index (χ2v) is 19.0. The highest BCUT2D eigenvalue weighted by Gasteiger charge is 2.52. The van der Waals surface area contributed by atoms with Gasteiger partial charge >= 0.3 is 0 Å². The summed E-state index contributed by atoms with van der Waals surface area (Å²) < 4.78 is 14.1. The van der Waals surface area contributed by atoms with Gasteiger partial charge < -0.3 is 14.1 Å². The van der Waals surface area contributed by atoms with E-state index >= 15 is 0 Å². The average molecular weight is 906 g/mol. The lowest BCUT2D eigenvalue weighted by Gasteiger charge is -2.41. The summed E-state index contributed by atoms with van der Waals surface area (Å²) in [5, 5.41) is 2.11. The van der Waals surface area contributed by atoms with Crippen molar-refractivity contribution in [3.63, 3.8) is 0 Å². The Morgan fingerprint density at radius 2 is 0.859 bits per heavy atom. The van der Waals surface area contributed by atoms with E-state index in [4.69, 9.17) is 9.15 Å². The van der Waals surface area contributed by atoms with Crippen molar-refractivity contribution in [2.45, 2.75) is 10.8 Å². The molecular formula is C68H43NO2. The Bertz CT molecular complexity index is 4010. The fraction of sp³-hybridized carbons (Fsp3) is 0.0294. The van der Waals surface area contributed by atoms with Gasteiger partial charge in [-0.2, -0.15) is 0 Å². The normalized spacial score (nSPS) is 14.0. The van der Waals surface area contributed by atoms with Crippen LogP contribution in [0.1, 0.15) is 44.5 Å². The molecule has 71 heavy (non-hydrogen) atoms. The largest absolute Gasteiger partial charge is 0.456 e. The lowest BCUT2D eigenvalue weighted by molar-refractivity contribution is 0.438. The molecule has 2 aliphatic carbocycles. The number of para-hydroxylation sites is 2. The van der Waals surface area contributed by atoms with Crippen LogP contribution in [-0.2, 0) is 10.8 Å². The van der Waals surface area contributed by atoms with Crippen molar-refractivity contribution in [1.82, 2.24) is 0 Å². The third kappa shape index (κ3) is 5.38. The van der Waals surface area contributed by atoms with Gasteiger partial charge in [0.15, 0.2) is 0 Å². The Morgan fingerprint density at radius 1 is 0.338 bits per heavy atom. The van der Waals surface area contributed by atoms with Crippen molar-refractivity contribution in [3.8, 4) is 44.9 Å². The van der Waals surface area contributed by atoms with E-state index in [0.29, 0.717) is 0 Å². The highest BCUT2D eigenvalue weighted by molar-refractivity contribution is 6.14. The molecule has 1 aromatic heterocycles. The van der Waals surface area contributed by atoms with Crippen LogP contribution in [0.25, 0.3) is 55.3 Å². The summed E-state index contributed by atoms with van der Waals surface area (Å²) in [5.41, 5.74) is 20.1. The van der Waals surface area contributed by atoms with Crippen LogP contribution in [-0.4, -0.2) is 0 Å². The minimum atomic E-state index is -0.710. The molecule has 1 spiro atoms. The first-order valence-corrected chi connectivity index (χ1v) is 24.5. The van der Waals surface area contributed by atoms with Crippen LogP contribution in [0, 0.1) is 0 Å². The highest BCUT2D eigenvalue weighted by atomic mass is 16.5. The molecule has 0 N–H and O–H groups in total. The zero-order chi connectivity index (χ0) is 46.7. The van der Waals surface area contributed by atoms with E-state index < -0.39 is 10.8 Å². The van der Waals surface area contributed by atoms with Crippen LogP contribution >= 0.6 is 0 Å². The maximum Gasteiger partial charge on any atom is 0.140 e. The van der Waals surface area contributed by atoms with Gasteiger partial charge in [-0.05, 0) is 98.1 Å². The van der Waals surface area contributed by atoms with Crippen molar-refractivity contribution >= 4 is 39.0 Å². The van der Waals surface area contributed by atoms with Gasteiger partial charge in [-0.25, -0.2) is 0 Å². The number of ether oxygens (including phenoxy) is 1. The van der Waals surface area contributed by atoms with Crippen molar-refractivity contribution in [1.29, 1.82) is 0 Å². The molecule has 0 atom stereocenters. The van der Waals surface area contributed by atoms with Gasteiger partial charge in [0.2, 0.25) is 0 Å². The molecule has 0 unspecified atom stereocenters. The molecule has 15 rings (SSSR count). The molecule has 0 bridgehead atoms. The minimum Gasteiger partial charge on any atom is -0.456 e. The molecule has 11 aromatic carbocycles. The van der Waals surface area contributed by atoms with Crippen LogP contribution < -0.4 is 9.64 Å². The number of hydrogen-bond acceptors (Lipinski definition) is 3. The molecule has 332 valence electrons. The Kier molecular flexibility index (Phi) is 8.49. The molecule has 3 heteroatoms. The lowest BCUT2D eigenvalue weighted by atomic mass is 9.65. The van der Waals surface area contributed by atoms with E-state index in [1.807, 2.05) is 0 Å². The zero-order valence-electron chi connectivity index (χ0n) is 38.6. The van der Waals surface area contributed by atoms with Gasteiger partial charge in [0.1, 0.15) is 22.7 Å². The number of anilines is 3. The average Bonchev–Trinajstić information content (AvgIpc) is 4.08. The number of furan rings is 1. The summed E-state index contributed by atoms with van der Waals surface area (Å²) in [6.45, 7) is 0. The van der Waals surface area contributed by atoms with Crippen LogP contribution in [0.4, 0.5) is 17.1 Å². The summed E-state index contributed by atoms with van der Waals surface area (Å²) in [6.07, 6.45) is 0. The predicted octanol–water partition coefficient (Wildman–Crippen LogP) is 17.6. The molecule has 3 aliphatic rings. The van der Waals surface area contributed by atoms with Crippen molar-refractivity contribution < 1.29 is 9.15 Å². The Hall–Kier alpha value is -9.18. The van der Waals surface area contributed by atoms with Crippen LogP contribution in [0.3, 0.4) is 0 Å². The number of fused-ring (bicyclic) bond motifs is 15. The monoisotopic (exact) mass is 905 g/mol. The second kappa shape index (κ2) is 15.2. The Balaban J connectivity index is 1.11. The molecule has 0 radical (unpaired) electrons. The van der Waals surface area contributed by atoms with Gasteiger partial charge in [0.25, 0.3) is 0 Å². The van der Waals surface area contributed by atoms with E-state index in [1.165, 1.54) is 55.6 Å². The molecule has 12 aromatic rings. The van der Waals surface area contributed by atoms with Gasteiger partial charge in [-0.1, -0.05) is 218 Å². The molecular weight excluding hydrogens is 863 g/mol. The fourth-order valence-corrected chi connectivity index (χ4v) is 12.9. The first-order valence-electron chi connectivity index (χ1n) is 24.5. The lowest BCUT2D eigenvalue weighted by Crippen LogP contribution is -2.32. The maximum absolute atomic E-state index is 7.35. The minimum absolute atomic E-state index is 0.603.